The summed E-state index contributed by atoms with van der Waals surface area (Å²) in [4.78, 5) is 21.8. The average Bonchev–Trinajstić information content (AvgIpc) is 2.08. The molecule has 0 aromatic heterocycles. The molecule has 18 heavy (non-hydrogen) atoms. The fourth-order valence-corrected chi connectivity index (χ4v) is 2.42. The summed E-state index contributed by atoms with van der Waals surface area (Å²) in [6.45, 7) is -1.94. The second-order valence-corrected chi connectivity index (χ2v) is 5.09. The highest BCUT2D eigenvalue weighted by Gasteiger charge is 2.41. The number of amides is 3. The molecule has 1 aliphatic rings. The smallest absolute Gasteiger partial charge is 0.369 e. The van der Waals surface area contributed by atoms with Crippen LogP contribution in [-0.4, -0.2) is 37.4 Å². The lowest BCUT2D eigenvalue weighted by Gasteiger charge is -2.26. The van der Waals surface area contributed by atoms with Gasteiger partial charge in [0, 0.05) is 5.70 Å². The summed E-state index contributed by atoms with van der Waals surface area (Å²) in [7, 11) is -4.57. The lowest BCUT2D eigenvalue weighted by atomic mass is 10.3. The predicted octanol–water partition coefficient (Wildman–Crippen LogP) is -0.379. The van der Waals surface area contributed by atoms with E-state index in [1.54, 1.807) is 0 Å². The SMILES string of the molecule is NC(=O)CC1=CS(=O)(=O)N(CC(F)(F)F)C(=O)N1. The molecule has 1 heterocycles. The van der Waals surface area contributed by atoms with Crippen LogP contribution in [0.15, 0.2) is 11.1 Å². The number of urea groups is 1. The molecule has 11 heteroatoms. The van der Waals surface area contributed by atoms with Crippen LogP contribution in [0.3, 0.4) is 0 Å². The Morgan fingerprint density at radius 3 is 2.39 bits per heavy atom. The van der Waals surface area contributed by atoms with Crippen molar-refractivity contribution < 1.29 is 31.2 Å². The summed E-state index contributed by atoms with van der Waals surface area (Å²) in [5.41, 5.74) is 4.40. The monoisotopic (exact) mass is 287 g/mol. The van der Waals surface area contributed by atoms with E-state index in [1.807, 2.05) is 5.32 Å². The molecule has 7 nitrogen and oxygen atoms in total. The Morgan fingerprint density at radius 1 is 1.44 bits per heavy atom. The molecule has 0 saturated carbocycles. The summed E-state index contributed by atoms with van der Waals surface area (Å²) in [6.07, 6.45) is -5.45. The molecule has 0 aromatic carbocycles. The maximum absolute atomic E-state index is 12.1. The highest BCUT2D eigenvalue weighted by atomic mass is 32.2. The fraction of sp³-hybridized carbons (Fsp3) is 0.429. The quantitative estimate of drug-likeness (QED) is 0.737. The second-order valence-electron chi connectivity index (χ2n) is 3.38. The molecule has 1 rings (SSSR count). The minimum Gasteiger partial charge on any atom is -0.369 e. The molecule has 0 aliphatic carbocycles. The lowest BCUT2D eigenvalue weighted by Crippen LogP contribution is -2.50. The maximum atomic E-state index is 12.1. The van der Waals surface area contributed by atoms with Gasteiger partial charge in [0.2, 0.25) is 5.91 Å². The van der Waals surface area contributed by atoms with Crippen LogP contribution in [0.25, 0.3) is 0 Å². The number of carbonyl (C=O) groups excluding carboxylic acids is 2. The van der Waals surface area contributed by atoms with Gasteiger partial charge in [-0.05, 0) is 0 Å². The first-order chi connectivity index (χ1) is 8.01. The number of hydrogen-bond donors (Lipinski definition) is 2. The fourth-order valence-electron chi connectivity index (χ4n) is 1.19. The molecule has 0 fully saturated rings. The van der Waals surface area contributed by atoms with E-state index in [0.717, 1.165) is 0 Å². The van der Waals surface area contributed by atoms with Gasteiger partial charge < -0.3 is 11.1 Å². The van der Waals surface area contributed by atoms with Gasteiger partial charge in [0.25, 0.3) is 10.0 Å². The number of sulfonamides is 1. The molecule has 0 spiro atoms. The number of primary amides is 1. The van der Waals surface area contributed by atoms with Gasteiger partial charge in [-0.25, -0.2) is 17.5 Å². The van der Waals surface area contributed by atoms with E-state index in [9.17, 15) is 31.2 Å². The number of alkyl halides is 3. The Balaban J connectivity index is 3.03. The van der Waals surface area contributed by atoms with Crippen molar-refractivity contribution in [1.29, 1.82) is 0 Å². The van der Waals surface area contributed by atoms with Crippen molar-refractivity contribution in [2.75, 3.05) is 6.54 Å². The first-order valence-corrected chi connectivity index (χ1v) is 5.91. The summed E-state index contributed by atoms with van der Waals surface area (Å²) in [5.74, 6) is -0.930. The number of halogens is 3. The van der Waals surface area contributed by atoms with Crippen LogP contribution in [-0.2, 0) is 14.8 Å². The summed E-state index contributed by atoms with van der Waals surface area (Å²) in [5, 5.41) is 2.21. The molecule has 0 aromatic rings. The minimum atomic E-state index is -4.86. The number of nitrogens with two attached hydrogens (primary N) is 1. The first kappa shape index (κ1) is 14.3. The summed E-state index contributed by atoms with van der Waals surface area (Å²) in [6, 6.07) is -1.48. The zero-order chi connectivity index (χ0) is 14.1. The Morgan fingerprint density at radius 2 is 2.00 bits per heavy atom. The summed E-state index contributed by atoms with van der Waals surface area (Å²) >= 11 is 0. The van der Waals surface area contributed by atoms with Gasteiger partial charge in [0.1, 0.15) is 6.54 Å². The van der Waals surface area contributed by atoms with Gasteiger partial charge in [0.05, 0.1) is 11.8 Å². The van der Waals surface area contributed by atoms with E-state index >= 15 is 0 Å². The lowest BCUT2D eigenvalue weighted by molar-refractivity contribution is -0.132. The van der Waals surface area contributed by atoms with Gasteiger partial charge in [0.15, 0.2) is 0 Å². The molecule has 1 aliphatic heterocycles. The zero-order valence-electron chi connectivity index (χ0n) is 8.69. The number of nitrogens with one attached hydrogen (secondary N) is 1. The molecule has 3 N–H and O–H groups in total. The third kappa shape index (κ3) is 3.61. The van der Waals surface area contributed by atoms with Crippen LogP contribution >= 0.6 is 0 Å². The molecule has 3 amide bonds. The van der Waals surface area contributed by atoms with Crippen molar-refractivity contribution in [3.05, 3.63) is 11.1 Å². The predicted molar refractivity (Wildman–Crippen MR) is 52.1 cm³/mol. The van der Waals surface area contributed by atoms with Crippen molar-refractivity contribution in [1.82, 2.24) is 9.62 Å². The van der Waals surface area contributed by atoms with Crippen molar-refractivity contribution in [3.63, 3.8) is 0 Å². The van der Waals surface area contributed by atoms with E-state index < -0.39 is 41.1 Å². The number of rotatable bonds is 3. The number of carbonyl (C=O) groups is 2. The Labute approximate surface area is 99.5 Å². The molecular formula is C7H8F3N3O4S. The van der Waals surface area contributed by atoms with E-state index in [1.165, 1.54) is 0 Å². The van der Waals surface area contributed by atoms with Crippen LogP contribution in [0.5, 0.6) is 0 Å². The van der Waals surface area contributed by atoms with Crippen LogP contribution in [0.1, 0.15) is 6.42 Å². The van der Waals surface area contributed by atoms with E-state index in [2.05, 4.69) is 0 Å². The first-order valence-electron chi connectivity index (χ1n) is 4.40. The highest BCUT2D eigenvalue weighted by molar-refractivity contribution is 7.92. The third-order valence-corrected chi connectivity index (χ3v) is 3.27. The topological polar surface area (TPSA) is 110 Å². The van der Waals surface area contributed by atoms with Gasteiger partial charge in [-0.3, -0.25) is 4.79 Å². The van der Waals surface area contributed by atoms with Gasteiger partial charge in [-0.1, -0.05) is 0 Å². The molecule has 0 radical (unpaired) electrons. The third-order valence-electron chi connectivity index (χ3n) is 1.78. The van der Waals surface area contributed by atoms with E-state index in [0.29, 0.717) is 5.41 Å². The Kier molecular flexibility index (Phi) is 3.55. The van der Waals surface area contributed by atoms with Crippen LogP contribution in [0.2, 0.25) is 0 Å². The highest BCUT2D eigenvalue weighted by Crippen LogP contribution is 2.22. The van der Waals surface area contributed by atoms with Gasteiger partial charge in [-0.15, -0.1) is 0 Å². The van der Waals surface area contributed by atoms with Crippen molar-refractivity contribution >= 4 is 22.0 Å². The average molecular weight is 287 g/mol. The van der Waals surface area contributed by atoms with Crippen LogP contribution in [0, 0.1) is 0 Å². The molecule has 0 bridgehead atoms. The molecule has 0 atom stereocenters. The standard InChI is InChI=1S/C7H8F3N3O4S/c8-7(9,10)3-13-6(15)12-4(1-5(11)14)2-18(13,16)17/h2H,1,3H2,(H2,11,14)(H,12,15). The van der Waals surface area contributed by atoms with Gasteiger partial charge >= 0.3 is 12.2 Å². The number of hydrogen-bond acceptors (Lipinski definition) is 4. The van der Waals surface area contributed by atoms with Crippen molar-refractivity contribution in [3.8, 4) is 0 Å². The zero-order valence-corrected chi connectivity index (χ0v) is 9.51. The largest absolute Gasteiger partial charge is 0.407 e. The molecular weight excluding hydrogens is 279 g/mol. The molecule has 0 unspecified atom stereocenters. The van der Waals surface area contributed by atoms with Crippen LogP contribution in [0.4, 0.5) is 18.0 Å². The molecule has 102 valence electrons. The van der Waals surface area contributed by atoms with E-state index in [4.69, 9.17) is 5.73 Å². The normalized spacial score (nSPS) is 19.2. The second kappa shape index (κ2) is 4.48. The van der Waals surface area contributed by atoms with E-state index in [-0.39, 0.29) is 10.0 Å². The Bertz CT molecular complexity index is 511. The summed E-state index contributed by atoms with van der Waals surface area (Å²) < 4.78 is 58.7. The minimum absolute atomic E-state index is 0.366. The number of nitrogens with zero attached hydrogens (tertiary/aromatic N) is 1. The Hall–Kier alpha value is -1.78. The van der Waals surface area contributed by atoms with Crippen LogP contribution < -0.4 is 11.1 Å². The maximum Gasteiger partial charge on any atom is 0.407 e. The molecule has 0 saturated heterocycles. The van der Waals surface area contributed by atoms with Crippen molar-refractivity contribution in [2.24, 2.45) is 5.73 Å². The van der Waals surface area contributed by atoms with Crippen molar-refractivity contribution in [2.45, 2.75) is 12.6 Å². The van der Waals surface area contributed by atoms with Gasteiger partial charge in [-0.2, -0.15) is 13.2 Å².